The summed E-state index contributed by atoms with van der Waals surface area (Å²) in [5.74, 6) is 0. The number of rotatable bonds is 3. The lowest BCUT2D eigenvalue weighted by atomic mass is 9.98. The van der Waals surface area contributed by atoms with Gasteiger partial charge in [0, 0.05) is 10.4 Å². The van der Waals surface area contributed by atoms with E-state index in [4.69, 9.17) is 4.74 Å². The first-order chi connectivity index (χ1) is 9.43. The van der Waals surface area contributed by atoms with E-state index in [1.54, 1.807) is 0 Å². The molecule has 0 bridgehead atoms. The van der Waals surface area contributed by atoms with Crippen LogP contribution in [0.25, 0.3) is 11.3 Å². The first kappa shape index (κ1) is 11.7. The molecule has 0 unspecified atom stereocenters. The Morgan fingerprint density at radius 3 is 3.11 bits per heavy atom. The zero-order chi connectivity index (χ0) is 12.7. The van der Waals surface area contributed by atoms with Crippen LogP contribution < -0.4 is 0 Å². The highest BCUT2D eigenvalue weighted by atomic mass is 32.1. The van der Waals surface area contributed by atoms with Gasteiger partial charge in [-0.3, -0.25) is 0 Å². The zero-order valence-electron chi connectivity index (χ0n) is 10.9. The number of aromatic nitrogens is 2. The maximum absolute atomic E-state index is 6.18. The van der Waals surface area contributed by atoms with Crippen LogP contribution in [0.5, 0.6) is 0 Å². The molecule has 0 saturated heterocycles. The van der Waals surface area contributed by atoms with Crippen LogP contribution in [0.2, 0.25) is 0 Å². The first-order valence-electron chi connectivity index (χ1n) is 7.14. The highest BCUT2D eigenvalue weighted by molar-refractivity contribution is 7.10. The van der Waals surface area contributed by atoms with E-state index in [0.29, 0.717) is 12.1 Å². The monoisotopic (exact) mass is 274 g/mol. The van der Waals surface area contributed by atoms with Gasteiger partial charge in [-0.25, -0.2) is 4.98 Å². The molecule has 1 aliphatic heterocycles. The van der Waals surface area contributed by atoms with E-state index in [9.17, 15) is 0 Å². The van der Waals surface area contributed by atoms with E-state index in [1.807, 2.05) is 23.9 Å². The van der Waals surface area contributed by atoms with Crippen molar-refractivity contribution < 1.29 is 4.74 Å². The summed E-state index contributed by atoms with van der Waals surface area (Å²) in [7, 11) is 0. The Morgan fingerprint density at radius 2 is 2.21 bits per heavy atom. The molecule has 4 heteroatoms. The molecule has 19 heavy (non-hydrogen) atoms. The molecule has 1 fully saturated rings. The summed E-state index contributed by atoms with van der Waals surface area (Å²) in [6, 6.07) is 2.54. The van der Waals surface area contributed by atoms with Crippen molar-refractivity contribution in [1.29, 1.82) is 0 Å². The molecule has 3 heterocycles. The fraction of sp³-hybridized carbons (Fsp3) is 0.533. The summed E-state index contributed by atoms with van der Waals surface area (Å²) in [5, 5.41) is 2.18. The van der Waals surface area contributed by atoms with E-state index in [2.05, 4.69) is 21.0 Å². The van der Waals surface area contributed by atoms with Crippen LogP contribution in [0, 0.1) is 0 Å². The molecular formula is C15H18N2OS. The van der Waals surface area contributed by atoms with Crippen molar-refractivity contribution in [3.05, 3.63) is 28.8 Å². The third-order valence-electron chi connectivity index (χ3n) is 4.32. The van der Waals surface area contributed by atoms with Gasteiger partial charge in [-0.05, 0) is 24.3 Å². The lowest BCUT2D eigenvalue weighted by Gasteiger charge is -2.24. The number of ether oxygens (including phenoxy) is 1. The smallest absolute Gasteiger partial charge is 0.0957 e. The van der Waals surface area contributed by atoms with Gasteiger partial charge in [-0.2, -0.15) is 0 Å². The van der Waals surface area contributed by atoms with Gasteiger partial charge in [0.25, 0.3) is 0 Å². The second-order valence-electron chi connectivity index (χ2n) is 5.49. The number of imidazole rings is 1. The Kier molecular flexibility index (Phi) is 2.93. The molecule has 0 amide bonds. The largest absolute Gasteiger partial charge is 0.376 e. The van der Waals surface area contributed by atoms with E-state index < -0.39 is 0 Å². The predicted molar refractivity (Wildman–Crippen MR) is 76.5 cm³/mol. The van der Waals surface area contributed by atoms with E-state index in [0.717, 1.165) is 6.61 Å². The van der Waals surface area contributed by atoms with Crippen LogP contribution in [-0.2, 0) is 4.74 Å². The maximum atomic E-state index is 6.18. The summed E-state index contributed by atoms with van der Waals surface area (Å²) >= 11 is 1.84. The molecule has 3 nitrogen and oxygen atoms in total. The molecule has 2 aromatic rings. The third kappa shape index (κ3) is 1.94. The topological polar surface area (TPSA) is 27.1 Å². The Hall–Kier alpha value is -1.13. The van der Waals surface area contributed by atoms with Gasteiger partial charge >= 0.3 is 0 Å². The van der Waals surface area contributed by atoms with Gasteiger partial charge in [0.05, 0.1) is 37.0 Å². The van der Waals surface area contributed by atoms with Crippen LogP contribution in [0.15, 0.2) is 24.0 Å². The fourth-order valence-electron chi connectivity index (χ4n) is 3.29. The molecule has 0 N–H and O–H groups in total. The summed E-state index contributed by atoms with van der Waals surface area (Å²) in [6.45, 7) is 0.793. The number of hydrogen-bond acceptors (Lipinski definition) is 3. The number of hydrogen-bond donors (Lipinski definition) is 0. The van der Waals surface area contributed by atoms with E-state index >= 15 is 0 Å². The number of nitrogens with zero attached hydrogens (tertiary/aromatic N) is 2. The fourth-order valence-corrected chi connectivity index (χ4v) is 4.28. The molecule has 4 rings (SSSR count). The Bertz CT molecular complexity index is 528. The van der Waals surface area contributed by atoms with Crippen molar-refractivity contribution in [2.75, 3.05) is 6.61 Å². The average Bonchev–Trinajstić information content (AvgIpc) is 3.11. The van der Waals surface area contributed by atoms with E-state index in [-0.39, 0.29) is 0 Å². The van der Waals surface area contributed by atoms with Gasteiger partial charge in [0.15, 0.2) is 0 Å². The van der Waals surface area contributed by atoms with E-state index in [1.165, 1.54) is 48.2 Å². The summed E-state index contributed by atoms with van der Waals surface area (Å²) in [6.07, 6.45) is 10.9. The Labute approximate surface area is 117 Å². The standard InChI is InChI=1S/C15H18N2OS/c1-2-4-11(5-3-1)18-9-14-15-12(6-7-19-15)13-8-16-10-17(13)14/h6-8,10-11,14H,1-5,9H2/t14-/m0/s1. The molecule has 0 aromatic carbocycles. The SMILES string of the molecule is c1cc2c(s1)[C@H](COC1CCCCC1)n1cncc1-2. The van der Waals surface area contributed by atoms with Crippen molar-refractivity contribution in [1.82, 2.24) is 9.55 Å². The van der Waals surface area contributed by atoms with Gasteiger partial charge in [0.2, 0.25) is 0 Å². The van der Waals surface area contributed by atoms with Crippen LogP contribution in [-0.4, -0.2) is 22.3 Å². The molecule has 0 radical (unpaired) electrons. The summed E-state index contributed by atoms with van der Waals surface area (Å²) in [4.78, 5) is 5.72. The maximum Gasteiger partial charge on any atom is 0.0957 e. The molecular weight excluding hydrogens is 256 g/mol. The van der Waals surface area contributed by atoms with Crippen LogP contribution >= 0.6 is 11.3 Å². The molecule has 1 atom stereocenters. The second-order valence-corrected chi connectivity index (χ2v) is 6.44. The number of fused-ring (bicyclic) bond motifs is 3. The molecule has 1 aliphatic carbocycles. The minimum atomic E-state index is 0.342. The summed E-state index contributed by atoms with van der Waals surface area (Å²) < 4.78 is 8.45. The second kappa shape index (κ2) is 4.76. The first-order valence-corrected chi connectivity index (χ1v) is 8.02. The van der Waals surface area contributed by atoms with Crippen LogP contribution in [0.4, 0.5) is 0 Å². The van der Waals surface area contributed by atoms with Crippen molar-refractivity contribution >= 4 is 11.3 Å². The average molecular weight is 274 g/mol. The van der Waals surface area contributed by atoms with Gasteiger partial charge < -0.3 is 9.30 Å². The lowest BCUT2D eigenvalue weighted by molar-refractivity contribution is 0.0176. The van der Waals surface area contributed by atoms with Gasteiger partial charge in [-0.15, -0.1) is 11.3 Å². The molecule has 1 saturated carbocycles. The predicted octanol–water partition coefficient (Wildman–Crippen LogP) is 3.86. The normalized spacial score (nSPS) is 22.4. The molecule has 0 spiro atoms. The zero-order valence-corrected chi connectivity index (χ0v) is 11.7. The van der Waals surface area contributed by atoms with Crippen molar-refractivity contribution in [2.24, 2.45) is 0 Å². The quantitative estimate of drug-likeness (QED) is 0.849. The minimum absolute atomic E-state index is 0.342. The van der Waals surface area contributed by atoms with Gasteiger partial charge in [-0.1, -0.05) is 19.3 Å². The molecule has 100 valence electrons. The van der Waals surface area contributed by atoms with Crippen molar-refractivity contribution in [3.8, 4) is 11.3 Å². The van der Waals surface area contributed by atoms with Gasteiger partial charge in [0.1, 0.15) is 0 Å². The lowest BCUT2D eigenvalue weighted by Crippen LogP contribution is -2.21. The Balaban J connectivity index is 1.52. The molecule has 2 aliphatic rings. The number of thiophene rings is 1. The third-order valence-corrected chi connectivity index (χ3v) is 5.34. The summed E-state index contributed by atoms with van der Waals surface area (Å²) in [5.41, 5.74) is 2.59. The minimum Gasteiger partial charge on any atom is -0.376 e. The van der Waals surface area contributed by atoms with Crippen molar-refractivity contribution in [3.63, 3.8) is 0 Å². The highest BCUT2D eigenvalue weighted by Gasteiger charge is 2.30. The highest BCUT2D eigenvalue weighted by Crippen LogP contribution is 2.42. The molecule has 2 aromatic heterocycles. The van der Waals surface area contributed by atoms with Crippen LogP contribution in [0.3, 0.4) is 0 Å². The van der Waals surface area contributed by atoms with Crippen LogP contribution in [0.1, 0.15) is 43.0 Å². The van der Waals surface area contributed by atoms with Crippen molar-refractivity contribution in [2.45, 2.75) is 44.2 Å². The Morgan fingerprint density at radius 1 is 1.32 bits per heavy atom.